The lowest BCUT2D eigenvalue weighted by atomic mass is 9.90. The molecule has 136 valence electrons. The zero-order valence-electron chi connectivity index (χ0n) is 14.4. The summed E-state index contributed by atoms with van der Waals surface area (Å²) < 4.78 is 39.2. The molecule has 5 nitrogen and oxygen atoms in total. The Morgan fingerprint density at radius 2 is 1.92 bits per heavy atom. The molecule has 0 aromatic heterocycles. The van der Waals surface area contributed by atoms with Gasteiger partial charge in [0, 0.05) is 22.0 Å². The number of fused-ring (bicyclic) bond motifs is 2. The first kappa shape index (κ1) is 17.4. The highest BCUT2D eigenvalue weighted by atomic mass is 79.9. The first-order valence-electron chi connectivity index (χ1n) is 8.19. The molecule has 0 fully saturated rings. The number of halogens is 1. The summed E-state index contributed by atoms with van der Waals surface area (Å²) >= 11 is 3.44. The second kappa shape index (κ2) is 6.32. The Morgan fingerprint density at radius 1 is 1.19 bits per heavy atom. The van der Waals surface area contributed by atoms with Crippen LogP contribution in [0.15, 0.2) is 52.5 Å². The zero-order valence-corrected chi connectivity index (χ0v) is 16.8. The Bertz CT molecular complexity index is 999. The van der Waals surface area contributed by atoms with E-state index < -0.39 is 16.1 Å². The molecule has 2 heterocycles. The third kappa shape index (κ3) is 2.79. The number of ether oxygens (including phenoxy) is 2. The van der Waals surface area contributed by atoms with Crippen molar-refractivity contribution in [1.82, 2.24) is 0 Å². The summed E-state index contributed by atoms with van der Waals surface area (Å²) in [6, 6.07) is 12.7. The average molecular weight is 436 g/mol. The van der Waals surface area contributed by atoms with E-state index in [1.807, 2.05) is 30.3 Å². The normalized spacial score (nSPS) is 19.0. The molecule has 0 spiro atoms. The van der Waals surface area contributed by atoms with Crippen molar-refractivity contribution < 1.29 is 17.9 Å². The number of nitrogens with zero attached hydrogens (tertiary/aromatic N) is 1. The Balaban J connectivity index is 1.99. The highest BCUT2D eigenvalue weighted by molar-refractivity contribution is 9.10. The summed E-state index contributed by atoms with van der Waals surface area (Å²) in [7, 11) is -1.92. The van der Waals surface area contributed by atoms with Gasteiger partial charge in [-0.05, 0) is 35.9 Å². The Hall–Kier alpha value is -1.99. The van der Waals surface area contributed by atoms with Gasteiger partial charge in [-0.25, -0.2) is 8.42 Å². The van der Waals surface area contributed by atoms with Crippen molar-refractivity contribution >= 4 is 37.4 Å². The maximum Gasteiger partial charge on any atom is 0.233 e. The van der Waals surface area contributed by atoms with Crippen molar-refractivity contribution in [1.29, 1.82) is 0 Å². The van der Waals surface area contributed by atoms with E-state index >= 15 is 0 Å². The largest absolute Gasteiger partial charge is 0.497 e. The first-order chi connectivity index (χ1) is 12.4. The van der Waals surface area contributed by atoms with E-state index in [1.54, 1.807) is 19.2 Å². The minimum atomic E-state index is -3.51. The standard InChI is InChI=1S/C19H18BrNO4S/c1-24-14-7-8-17-16(11-14)19-15(9-10-25-19)18(21(17)26(2,22)23)12-3-5-13(20)6-4-12/h3-8,11,18H,9-10H2,1-2H3. The molecule has 1 atom stereocenters. The highest BCUT2D eigenvalue weighted by Gasteiger charge is 2.41. The predicted octanol–water partition coefficient (Wildman–Crippen LogP) is 4.11. The molecule has 2 aromatic carbocycles. The molecule has 0 bridgehead atoms. The maximum atomic E-state index is 12.8. The van der Waals surface area contributed by atoms with Crippen molar-refractivity contribution in [3.05, 3.63) is 63.6 Å². The van der Waals surface area contributed by atoms with Gasteiger partial charge in [-0.15, -0.1) is 0 Å². The lowest BCUT2D eigenvalue weighted by Gasteiger charge is -2.37. The van der Waals surface area contributed by atoms with E-state index in [-0.39, 0.29) is 0 Å². The minimum absolute atomic E-state index is 0.406. The van der Waals surface area contributed by atoms with Crippen LogP contribution in [0.5, 0.6) is 5.75 Å². The van der Waals surface area contributed by atoms with Crippen LogP contribution in [0, 0.1) is 0 Å². The molecular formula is C19H18BrNO4S. The molecule has 0 amide bonds. The predicted molar refractivity (Wildman–Crippen MR) is 105 cm³/mol. The van der Waals surface area contributed by atoms with E-state index in [0.717, 1.165) is 26.9 Å². The second-order valence-corrected chi connectivity index (χ2v) is 9.12. The number of hydrogen-bond acceptors (Lipinski definition) is 4. The van der Waals surface area contributed by atoms with Crippen LogP contribution in [0.3, 0.4) is 0 Å². The van der Waals surface area contributed by atoms with Gasteiger partial charge in [0.1, 0.15) is 11.5 Å². The molecule has 0 N–H and O–H groups in total. The molecule has 0 radical (unpaired) electrons. The molecular weight excluding hydrogens is 418 g/mol. The number of anilines is 1. The highest BCUT2D eigenvalue weighted by Crippen LogP contribution is 2.50. The van der Waals surface area contributed by atoms with Gasteiger partial charge in [-0.1, -0.05) is 28.1 Å². The fraction of sp³-hybridized carbons (Fsp3) is 0.263. The summed E-state index contributed by atoms with van der Waals surface area (Å²) in [5.74, 6) is 1.44. The van der Waals surface area contributed by atoms with Crippen molar-refractivity contribution in [2.24, 2.45) is 0 Å². The fourth-order valence-electron chi connectivity index (χ4n) is 3.63. The zero-order chi connectivity index (χ0) is 18.5. The molecule has 2 aliphatic rings. The average Bonchev–Trinajstić information content (AvgIpc) is 3.10. The first-order valence-corrected chi connectivity index (χ1v) is 10.8. The summed E-state index contributed by atoms with van der Waals surface area (Å²) in [6.45, 7) is 0.548. The molecule has 2 aromatic rings. The lowest BCUT2D eigenvalue weighted by Crippen LogP contribution is -2.37. The van der Waals surface area contributed by atoms with Crippen molar-refractivity contribution in [3.8, 4) is 5.75 Å². The molecule has 7 heteroatoms. The van der Waals surface area contributed by atoms with Gasteiger partial charge >= 0.3 is 0 Å². The van der Waals surface area contributed by atoms with Crippen LogP contribution < -0.4 is 9.04 Å². The van der Waals surface area contributed by atoms with Crippen LogP contribution >= 0.6 is 15.9 Å². The summed E-state index contributed by atoms with van der Waals surface area (Å²) in [4.78, 5) is 0. The van der Waals surface area contributed by atoms with E-state index in [9.17, 15) is 8.42 Å². The van der Waals surface area contributed by atoms with Crippen LogP contribution in [0.25, 0.3) is 5.76 Å². The third-order valence-electron chi connectivity index (χ3n) is 4.70. The minimum Gasteiger partial charge on any atom is -0.497 e. The van der Waals surface area contributed by atoms with E-state index in [0.29, 0.717) is 24.5 Å². The number of hydrogen-bond donors (Lipinski definition) is 0. The Labute approximate surface area is 161 Å². The molecule has 1 unspecified atom stereocenters. The number of sulfonamides is 1. The summed E-state index contributed by atoms with van der Waals surface area (Å²) in [5, 5.41) is 0. The van der Waals surface area contributed by atoms with Gasteiger partial charge in [0.25, 0.3) is 0 Å². The monoisotopic (exact) mass is 435 g/mol. The molecule has 26 heavy (non-hydrogen) atoms. The van der Waals surface area contributed by atoms with E-state index in [2.05, 4.69) is 15.9 Å². The smallest absolute Gasteiger partial charge is 0.233 e. The SMILES string of the molecule is COc1ccc2c(c1)C1=C(CCO1)C(c1ccc(Br)cc1)N2S(C)(=O)=O. The third-order valence-corrected chi connectivity index (χ3v) is 6.35. The van der Waals surface area contributed by atoms with Gasteiger partial charge in [0.2, 0.25) is 10.0 Å². The molecule has 0 saturated carbocycles. The van der Waals surface area contributed by atoms with Crippen LogP contribution in [0.2, 0.25) is 0 Å². The second-order valence-electron chi connectivity index (χ2n) is 6.35. The summed E-state index contributed by atoms with van der Waals surface area (Å²) in [5.41, 5.74) is 3.27. The van der Waals surface area contributed by atoms with Crippen molar-refractivity contribution in [2.45, 2.75) is 12.5 Å². The van der Waals surface area contributed by atoms with Crippen LogP contribution in [0.4, 0.5) is 5.69 Å². The number of methoxy groups -OCH3 is 1. The molecule has 0 saturated heterocycles. The summed E-state index contributed by atoms with van der Waals surface area (Å²) in [6.07, 6.45) is 1.94. The maximum absolute atomic E-state index is 12.8. The van der Waals surface area contributed by atoms with Gasteiger partial charge in [-0.2, -0.15) is 0 Å². The Kier molecular flexibility index (Phi) is 4.23. The van der Waals surface area contributed by atoms with Gasteiger partial charge in [0.05, 0.1) is 31.7 Å². The van der Waals surface area contributed by atoms with Gasteiger partial charge in [-0.3, -0.25) is 4.31 Å². The van der Waals surface area contributed by atoms with Crippen LogP contribution in [0.1, 0.15) is 23.6 Å². The molecule has 0 aliphatic carbocycles. The molecule has 2 aliphatic heterocycles. The fourth-order valence-corrected chi connectivity index (χ4v) is 5.04. The topological polar surface area (TPSA) is 55.8 Å². The van der Waals surface area contributed by atoms with Gasteiger partial charge < -0.3 is 9.47 Å². The number of rotatable bonds is 3. The van der Waals surface area contributed by atoms with Crippen molar-refractivity contribution in [2.75, 3.05) is 24.3 Å². The van der Waals surface area contributed by atoms with E-state index in [1.165, 1.54) is 10.6 Å². The van der Waals surface area contributed by atoms with Crippen molar-refractivity contribution in [3.63, 3.8) is 0 Å². The number of benzene rings is 2. The van der Waals surface area contributed by atoms with E-state index in [4.69, 9.17) is 9.47 Å². The van der Waals surface area contributed by atoms with Crippen LogP contribution in [-0.4, -0.2) is 28.4 Å². The van der Waals surface area contributed by atoms with Gasteiger partial charge in [0.15, 0.2) is 0 Å². The van der Waals surface area contributed by atoms with Crippen LogP contribution in [-0.2, 0) is 14.8 Å². The quantitative estimate of drug-likeness (QED) is 0.727. The Morgan fingerprint density at radius 3 is 2.58 bits per heavy atom. The lowest BCUT2D eigenvalue weighted by molar-refractivity contribution is 0.307. The molecule has 4 rings (SSSR count).